The number of methoxy groups -OCH3 is 1. The fourth-order valence-corrected chi connectivity index (χ4v) is 3.69. The zero-order valence-corrected chi connectivity index (χ0v) is 22.4. The Labute approximate surface area is 236 Å². The topological polar surface area (TPSA) is 94.6 Å². The first kappa shape index (κ1) is 28.5. The molecule has 0 aliphatic rings. The summed E-state index contributed by atoms with van der Waals surface area (Å²) in [5.74, 6) is 6.51. The third kappa shape index (κ3) is 8.78. The lowest BCUT2D eigenvalue weighted by Gasteiger charge is -2.11. The molecule has 4 rings (SSSR count). The zero-order valence-electron chi connectivity index (χ0n) is 21.6. The van der Waals surface area contributed by atoms with E-state index in [1.807, 2.05) is 6.07 Å². The Balaban J connectivity index is 1.40. The quantitative estimate of drug-likeness (QED) is 0.182. The molecule has 0 saturated heterocycles. The number of benzene rings is 3. The van der Waals surface area contributed by atoms with Crippen molar-refractivity contribution >= 4 is 34.7 Å². The summed E-state index contributed by atoms with van der Waals surface area (Å²) < 4.78 is 29.3. The molecule has 8 nitrogen and oxygen atoms in total. The second-order valence-corrected chi connectivity index (χ2v) is 8.81. The van der Waals surface area contributed by atoms with Crippen LogP contribution in [-0.4, -0.2) is 42.8 Å². The number of ether oxygens (including phenoxy) is 3. The van der Waals surface area contributed by atoms with Crippen LogP contribution in [0.15, 0.2) is 79.3 Å². The van der Waals surface area contributed by atoms with Crippen LogP contribution in [0.4, 0.5) is 21.6 Å². The van der Waals surface area contributed by atoms with Gasteiger partial charge in [0.25, 0.3) is 0 Å². The predicted molar refractivity (Wildman–Crippen MR) is 151 cm³/mol. The summed E-state index contributed by atoms with van der Waals surface area (Å²) in [6.45, 7) is 0.873. The van der Waals surface area contributed by atoms with Crippen molar-refractivity contribution in [3.05, 3.63) is 107 Å². The second-order valence-electron chi connectivity index (χ2n) is 8.40. The van der Waals surface area contributed by atoms with Gasteiger partial charge in [-0.2, -0.15) is 0 Å². The SMILES string of the molecule is COCCOCC(=O)Nc1cccc(C#Cc2cncnc2Nc2ccc(OCc3cccc(F)c3)c(Cl)c2)c1. The van der Waals surface area contributed by atoms with Crippen molar-refractivity contribution in [1.82, 2.24) is 9.97 Å². The van der Waals surface area contributed by atoms with Crippen LogP contribution in [0.2, 0.25) is 5.02 Å². The average molecular weight is 561 g/mol. The van der Waals surface area contributed by atoms with Gasteiger partial charge in [-0.25, -0.2) is 14.4 Å². The van der Waals surface area contributed by atoms with Crippen molar-refractivity contribution < 1.29 is 23.4 Å². The number of anilines is 3. The Hall–Kier alpha value is -4.49. The normalized spacial score (nSPS) is 10.4. The number of carbonyl (C=O) groups is 1. The molecule has 0 unspecified atom stereocenters. The number of carbonyl (C=O) groups excluding carboxylic acids is 1. The van der Waals surface area contributed by atoms with Crippen molar-refractivity contribution in [3.8, 4) is 17.6 Å². The number of nitrogens with one attached hydrogen (secondary N) is 2. The molecule has 0 spiro atoms. The van der Waals surface area contributed by atoms with Gasteiger partial charge in [0.2, 0.25) is 5.91 Å². The molecule has 0 radical (unpaired) electrons. The van der Waals surface area contributed by atoms with Gasteiger partial charge in [-0.3, -0.25) is 4.79 Å². The van der Waals surface area contributed by atoms with E-state index in [1.165, 1.54) is 18.5 Å². The molecular formula is C30H26ClFN4O4. The first-order valence-electron chi connectivity index (χ1n) is 12.2. The van der Waals surface area contributed by atoms with E-state index >= 15 is 0 Å². The van der Waals surface area contributed by atoms with E-state index < -0.39 is 0 Å². The van der Waals surface area contributed by atoms with Gasteiger partial charge in [0.1, 0.15) is 36.9 Å². The molecule has 3 aromatic carbocycles. The number of aromatic nitrogens is 2. The lowest BCUT2D eigenvalue weighted by Crippen LogP contribution is -2.19. The van der Waals surface area contributed by atoms with E-state index in [4.69, 9.17) is 25.8 Å². The third-order valence-electron chi connectivity index (χ3n) is 5.34. The fourth-order valence-electron chi connectivity index (χ4n) is 3.46. The maximum atomic E-state index is 13.4. The van der Waals surface area contributed by atoms with Crippen LogP contribution in [0.25, 0.3) is 0 Å². The summed E-state index contributed by atoms with van der Waals surface area (Å²) in [7, 11) is 1.57. The summed E-state index contributed by atoms with van der Waals surface area (Å²) >= 11 is 6.42. The number of halogens is 2. The lowest BCUT2D eigenvalue weighted by molar-refractivity contribution is -0.121. The van der Waals surface area contributed by atoms with E-state index in [9.17, 15) is 9.18 Å². The third-order valence-corrected chi connectivity index (χ3v) is 5.64. The van der Waals surface area contributed by atoms with E-state index in [2.05, 4.69) is 32.4 Å². The molecule has 1 amide bonds. The van der Waals surface area contributed by atoms with Crippen LogP contribution in [0, 0.1) is 17.7 Å². The minimum Gasteiger partial charge on any atom is -0.487 e. The molecule has 4 aromatic rings. The van der Waals surface area contributed by atoms with Gasteiger partial charge in [-0.05, 0) is 54.1 Å². The standard InChI is InChI=1S/C30H26ClFN4O4/c1-38-12-13-39-19-29(37)35-25-7-3-4-21(15-25)8-9-23-17-33-20-34-30(23)36-26-10-11-28(27(31)16-26)40-18-22-5-2-6-24(32)14-22/h2-7,10-11,14-17,20H,12-13,18-19H2,1H3,(H,35,37)(H,33,34,36). The van der Waals surface area contributed by atoms with Gasteiger partial charge in [0.05, 0.1) is 23.8 Å². The second kappa shape index (κ2) is 14.6. The molecule has 0 saturated carbocycles. The molecule has 204 valence electrons. The van der Waals surface area contributed by atoms with Crippen LogP contribution in [-0.2, 0) is 20.9 Å². The summed E-state index contributed by atoms with van der Waals surface area (Å²) in [5.41, 5.74) is 3.22. The van der Waals surface area contributed by atoms with Crippen molar-refractivity contribution in [2.45, 2.75) is 6.61 Å². The number of rotatable bonds is 11. The van der Waals surface area contributed by atoms with Gasteiger partial charge in [0, 0.05) is 30.2 Å². The Kier molecular flexibility index (Phi) is 10.4. The van der Waals surface area contributed by atoms with Crippen LogP contribution >= 0.6 is 11.6 Å². The van der Waals surface area contributed by atoms with Crippen molar-refractivity contribution in [1.29, 1.82) is 0 Å². The number of hydrogen-bond donors (Lipinski definition) is 2. The summed E-state index contributed by atoms with van der Waals surface area (Å²) in [4.78, 5) is 20.5. The maximum absolute atomic E-state index is 13.4. The molecule has 0 aliphatic carbocycles. The monoisotopic (exact) mass is 560 g/mol. The lowest BCUT2D eigenvalue weighted by atomic mass is 10.2. The summed E-state index contributed by atoms with van der Waals surface area (Å²) in [6, 6.07) is 18.6. The minimum absolute atomic E-state index is 0.0697. The average Bonchev–Trinajstić information content (AvgIpc) is 2.95. The molecule has 10 heteroatoms. The predicted octanol–water partition coefficient (Wildman–Crippen LogP) is 5.59. The Morgan fingerprint density at radius 1 is 1.02 bits per heavy atom. The molecule has 2 N–H and O–H groups in total. The molecule has 40 heavy (non-hydrogen) atoms. The largest absolute Gasteiger partial charge is 0.487 e. The fraction of sp³-hybridized carbons (Fsp3) is 0.167. The molecule has 1 aromatic heterocycles. The Morgan fingerprint density at radius 3 is 2.73 bits per heavy atom. The summed E-state index contributed by atoms with van der Waals surface area (Å²) in [5, 5.41) is 6.36. The highest BCUT2D eigenvalue weighted by Gasteiger charge is 2.08. The molecule has 1 heterocycles. The highest BCUT2D eigenvalue weighted by atomic mass is 35.5. The highest BCUT2D eigenvalue weighted by molar-refractivity contribution is 6.32. The molecule has 0 aliphatic heterocycles. The first-order chi connectivity index (χ1) is 19.5. The van der Waals surface area contributed by atoms with Crippen LogP contribution in [0.3, 0.4) is 0 Å². The molecule has 0 fully saturated rings. The number of amides is 1. The smallest absolute Gasteiger partial charge is 0.250 e. The Morgan fingerprint density at radius 2 is 1.90 bits per heavy atom. The number of hydrogen-bond acceptors (Lipinski definition) is 7. The highest BCUT2D eigenvalue weighted by Crippen LogP contribution is 2.30. The summed E-state index contributed by atoms with van der Waals surface area (Å²) in [6.07, 6.45) is 3.01. The van der Waals surface area contributed by atoms with Crippen LogP contribution in [0.5, 0.6) is 5.75 Å². The van der Waals surface area contributed by atoms with Crippen LogP contribution < -0.4 is 15.4 Å². The van der Waals surface area contributed by atoms with Crippen molar-refractivity contribution in [2.75, 3.05) is 37.6 Å². The van der Waals surface area contributed by atoms with Gasteiger partial charge in [-0.1, -0.05) is 41.6 Å². The minimum atomic E-state index is -0.325. The van der Waals surface area contributed by atoms with Gasteiger partial charge < -0.3 is 24.8 Å². The number of nitrogens with zero attached hydrogens (tertiary/aromatic N) is 2. The zero-order chi connectivity index (χ0) is 28.2. The van der Waals surface area contributed by atoms with Crippen LogP contribution in [0.1, 0.15) is 16.7 Å². The molecular weight excluding hydrogens is 535 g/mol. The van der Waals surface area contributed by atoms with Gasteiger partial charge in [-0.15, -0.1) is 0 Å². The van der Waals surface area contributed by atoms with E-state index in [0.29, 0.717) is 57.9 Å². The van der Waals surface area contributed by atoms with Crippen molar-refractivity contribution in [3.63, 3.8) is 0 Å². The molecule has 0 atom stereocenters. The van der Waals surface area contributed by atoms with Gasteiger partial charge >= 0.3 is 0 Å². The molecule has 0 bridgehead atoms. The van der Waals surface area contributed by atoms with Crippen molar-refractivity contribution in [2.24, 2.45) is 0 Å². The van der Waals surface area contributed by atoms with E-state index in [0.717, 1.165) is 0 Å². The van der Waals surface area contributed by atoms with E-state index in [1.54, 1.807) is 61.8 Å². The van der Waals surface area contributed by atoms with Gasteiger partial charge in [0.15, 0.2) is 0 Å². The van der Waals surface area contributed by atoms with E-state index in [-0.39, 0.29) is 24.9 Å². The Bertz CT molecular complexity index is 1520. The first-order valence-corrected chi connectivity index (χ1v) is 12.6. The maximum Gasteiger partial charge on any atom is 0.250 e.